The number of carbonyl (C=O) groups excluding carboxylic acids is 2. The fraction of sp³-hybridized carbons (Fsp3) is 0.261. The number of H-pyrrole nitrogens is 1. The minimum absolute atomic E-state index is 0.0323. The van der Waals surface area contributed by atoms with Crippen molar-refractivity contribution in [3.8, 4) is 11.8 Å². The number of nitrogens with zero attached hydrogens (tertiary/aromatic N) is 1. The van der Waals surface area contributed by atoms with Crippen LogP contribution in [0.2, 0.25) is 0 Å². The third-order valence-electron chi connectivity index (χ3n) is 5.43. The number of fused-ring (bicyclic) bond motifs is 4. The number of ether oxygens (including phenoxy) is 1. The molecule has 1 aromatic heterocycles. The van der Waals surface area contributed by atoms with E-state index in [1.807, 2.05) is 12.1 Å². The molecule has 0 spiro atoms. The summed E-state index contributed by atoms with van der Waals surface area (Å²) in [6, 6.07) is 13.0. The van der Waals surface area contributed by atoms with E-state index in [-0.39, 0.29) is 11.7 Å². The van der Waals surface area contributed by atoms with Crippen molar-refractivity contribution in [1.29, 1.82) is 5.26 Å². The molecule has 1 heterocycles. The fourth-order valence-electron chi connectivity index (χ4n) is 3.97. The van der Waals surface area contributed by atoms with E-state index in [4.69, 9.17) is 4.74 Å². The van der Waals surface area contributed by atoms with Crippen molar-refractivity contribution in [2.45, 2.75) is 26.2 Å². The van der Waals surface area contributed by atoms with E-state index in [0.29, 0.717) is 35.6 Å². The molecule has 1 aliphatic rings. The largest absolute Gasteiger partial charge is 0.492 e. The second-order valence-electron chi connectivity index (χ2n) is 7.74. The molecule has 3 aromatic rings. The Balaban J connectivity index is 1.74. The zero-order chi connectivity index (χ0) is 20.8. The SMILES string of the molecule is CC(=O)NCCOc1ccc2c(c1)C(C)(C)c1[nH]c3cc(C#N)ccc3c1C2=O. The van der Waals surface area contributed by atoms with E-state index < -0.39 is 5.41 Å². The average Bonchev–Trinajstić information content (AvgIpc) is 3.09. The number of carbonyl (C=O) groups is 2. The van der Waals surface area contributed by atoms with Crippen molar-refractivity contribution >= 4 is 22.6 Å². The van der Waals surface area contributed by atoms with Crippen LogP contribution in [-0.2, 0) is 10.2 Å². The number of hydrogen-bond donors (Lipinski definition) is 2. The Morgan fingerprint density at radius 3 is 2.76 bits per heavy atom. The van der Waals surface area contributed by atoms with Gasteiger partial charge in [-0.25, -0.2) is 0 Å². The minimum atomic E-state index is -0.443. The van der Waals surface area contributed by atoms with Gasteiger partial charge in [0.25, 0.3) is 0 Å². The topological polar surface area (TPSA) is 95.0 Å². The third kappa shape index (κ3) is 3.05. The van der Waals surface area contributed by atoms with Gasteiger partial charge in [-0.1, -0.05) is 19.9 Å². The summed E-state index contributed by atoms with van der Waals surface area (Å²) in [5.74, 6) is 0.521. The van der Waals surface area contributed by atoms with E-state index >= 15 is 0 Å². The highest BCUT2D eigenvalue weighted by atomic mass is 16.5. The number of ketones is 1. The molecule has 1 aliphatic carbocycles. The molecule has 1 amide bonds. The lowest BCUT2D eigenvalue weighted by Crippen LogP contribution is -2.30. The molecule has 2 N–H and O–H groups in total. The maximum Gasteiger partial charge on any atom is 0.216 e. The van der Waals surface area contributed by atoms with E-state index in [1.54, 1.807) is 24.3 Å². The molecule has 0 radical (unpaired) electrons. The van der Waals surface area contributed by atoms with Crippen molar-refractivity contribution < 1.29 is 14.3 Å². The van der Waals surface area contributed by atoms with Gasteiger partial charge in [0.1, 0.15) is 12.4 Å². The van der Waals surface area contributed by atoms with Gasteiger partial charge in [0.15, 0.2) is 5.78 Å². The summed E-state index contributed by atoms with van der Waals surface area (Å²) in [7, 11) is 0. The number of amides is 1. The van der Waals surface area contributed by atoms with Crippen LogP contribution < -0.4 is 10.1 Å². The highest BCUT2D eigenvalue weighted by Crippen LogP contribution is 2.44. The first-order chi connectivity index (χ1) is 13.8. The molecule has 146 valence electrons. The van der Waals surface area contributed by atoms with Crippen molar-refractivity contribution in [1.82, 2.24) is 10.3 Å². The number of benzene rings is 2. The molecular formula is C23H21N3O3. The minimum Gasteiger partial charge on any atom is -0.492 e. The average molecular weight is 387 g/mol. The molecule has 0 saturated carbocycles. The maximum atomic E-state index is 13.3. The van der Waals surface area contributed by atoms with Crippen LogP contribution in [0.3, 0.4) is 0 Å². The molecule has 4 rings (SSSR count). The number of rotatable bonds is 4. The molecule has 2 aromatic carbocycles. The zero-order valence-electron chi connectivity index (χ0n) is 16.6. The summed E-state index contributed by atoms with van der Waals surface area (Å²) >= 11 is 0. The monoisotopic (exact) mass is 387 g/mol. The molecule has 0 atom stereocenters. The number of hydrogen-bond acceptors (Lipinski definition) is 4. The van der Waals surface area contributed by atoms with Gasteiger partial charge >= 0.3 is 0 Å². The van der Waals surface area contributed by atoms with Gasteiger partial charge in [-0.05, 0) is 35.9 Å². The number of aromatic amines is 1. The van der Waals surface area contributed by atoms with Crippen LogP contribution in [0, 0.1) is 11.3 Å². The molecule has 29 heavy (non-hydrogen) atoms. The highest BCUT2D eigenvalue weighted by Gasteiger charge is 2.39. The van der Waals surface area contributed by atoms with Crippen LogP contribution >= 0.6 is 0 Å². The van der Waals surface area contributed by atoms with E-state index in [9.17, 15) is 14.9 Å². The summed E-state index contributed by atoms with van der Waals surface area (Å²) in [6.45, 7) is 6.37. The summed E-state index contributed by atoms with van der Waals surface area (Å²) in [4.78, 5) is 27.6. The molecule has 0 aliphatic heterocycles. The zero-order valence-corrected chi connectivity index (χ0v) is 16.6. The van der Waals surface area contributed by atoms with Crippen molar-refractivity contribution in [2.24, 2.45) is 0 Å². The van der Waals surface area contributed by atoms with Crippen LogP contribution in [0.4, 0.5) is 0 Å². The molecular weight excluding hydrogens is 366 g/mol. The van der Waals surface area contributed by atoms with Crippen LogP contribution in [0.5, 0.6) is 5.75 Å². The summed E-state index contributed by atoms with van der Waals surface area (Å²) in [5.41, 5.74) is 3.95. The molecule has 0 saturated heterocycles. The molecule has 6 nitrogen and oxygen atoms in total. The summed E-state index contributed by atoms with van der Waals surface area (Å²) < 4.78 is 5.76. The van der Waals surface area contributed by atoms with Crippen LogP contribution in [0.1, 0.15) is 53.5 Å². The Bertz CT molecular complexity index is 1200. The van der Waals surface area contributed by atoms with Gasteiger partial charge in [0.05, 0.1) is 23.7 Å². The molecule has 6 heteroatoms. The first kappa shape index (κ1) is 18.8. The van der Waals surface area contributed by atoms with Crippen LogP contribution in [0.25, 0.3) is 10.9 Å². The Morgan fingerprint density at radius 2 is 2.03 bits per heavy atom. The summed E-state index contributed by atoms with van der Waals surface area (Å²) in [6.07, 6.45) is 0. The second-order valence-corrected chi connectivity index (χ2v) is 7.74. The van der Waals surface area contributed by atoms with Gasteiger partial charge < -0.3 is 15.0 Å². The number of nitrogens with one attached hydrogen (secondary N) is 2. The highest BCUT2D eigenvalue weighted by molar-refractivity contribution is 6.20. The molecule has 0 unspecified atom stereocenters. The van der Waals surface area contributed by atoms with Gasteiger partial charge in [-0.2, -0.15) is 5.26 Å². The van der Waals surface area contributed by atoms with Gasteiger partial charge in [-0.3, -0.25) is 9.59 Å². The lowest BCUT2D eigenvalue weighted by Gasteiger charge is -2.32. The summed E-state index contributed by atoms with van der Waals surface area (Å²) in [5, 5.41) is 12.7. The lowest BCUT2D eigenvalue weighted by molar-refractivity contribution is -0.119. The van der Waals surface area contributed by atoms with Gasteiger partial charge in [-0.15, -0.1) is 0 Å². The quantitative estimate of drug-likeness (QED) is 0.671. The van der Waals surface area contributed by atoms with E-state index in [1.165, 1.54) is 6.92 Å². The predicted octanol–water partition coefficient (Wildman–Crippen LogP) is 3.42. The molecule has 0 bridgehead atoms. The first-order valence-corrected chi connectivity index (χ1v) is 9.45. The standard InChI is InChI=1S/C23H21N3O3/c1-13(27)25-8-9-29-15-5-7-16-18(11-15)23(2,3)22-20(21(16)28)17-6-4-14(12-24)10-19(17)26-22/h4-7,10-11,26H,8-9H2,1-3H3,(H,25,27). The Hall–Kier alpha value is -3.59. The normalized spacial score (nSPS) is 14.1. The van der Waals surface area contributed by atoms with Gasteiger partial charge in [0.2, 0.25) is 5.91 Å². The fourth-order valence-corrected chi connectivity index (χ4v) is 3.97. The Labute approximate surface area is 168 Å². The number of nitriles is 1. The van der Waals surface area contributed by atoms with Crippen molar-refractivity contribution in [2.75, 3.05) is 13.2 Å². The second kappa shape index (κ2) is 6.78. The Kier molecular flexibility index (Phi) is 4.39. The van der Waals surface area contributed by atoms with E-state index in [0.717, 1.165) is 22.2 Å². The van der Waals surface area contributed by atoms with Gasteiger partial charge in [0, 0.05) is 34.5 Å². The molecule has 0 fully saturated rings. The third-order valence-corrected chi connectivity index (χ3v) is 5.43. The van der Waals surface area contributed by atoms with Crippen molar-refractivity contribution in [3.63, 3.8) is 0 Å². The number of aromatic nitrogens is 1. The van der Waals surface area contributed by atoms with Crippen LogP contribution in [0.15, 0.2) is 36.4 Å². The van der Waals surface area contributed by atoms with E-state index in [2.05, 4.69) is 30.2 Å². The smallest absolute Gasteiger partial charge is 0.216 e. The first-order valence-electron chi connectivity index (χ1n) is 9.45. The Morgan fingerprint density at radius 1 is 1.24 bits per heavy atom. The maximum absolute atomic E-state index is 13.3. The van der Waals surface area contributed by atoms with Crippen LogP contribution in [-0.4, -0.2) is 29.8 Å². The van der Waals surface area contributed by atoms with Crippen molar-refractivity contribution in [3.05, 3.63) is 64.3 Å². The lowest BCUT2D eigenvalue weighted by atomic mass is 9.71. The predicted molar refractivity (Wildman–Crippen MR) is 109 cm³/mol.